The Morgan fingerprint density at radius 3 is 2.56 bits per heavy atom. The fraction of sp³-hybridized carbons (Fsp3) is 0.500. The topological polar surface area (TPSA) is 93.9 Å². The molecule has 3 heterocycles. The highest BCUT2D eigenvalue weighted by Gasteiger charge is 2.27. The van der Waals surface area contributed by atoms with Crippen molar-refractivity contribution < 1.29 is 23.5 Å². The van der Waals surface area contributed by atoms with E-state index < -0.39 is 0 Å². The van der Waals surface area contributed by atoms with Crippen molar-refractivity contribution in [2.45, 2.75) is 44.4 Å². The summed E-state index contributed by atoms with van der Waals surface area (Å²) in [5.74, 6) is -0.373. The maximum atomic E-state index is 13.2. The molecule has 2 aliphatic rings. The van der Waals surface area contributed by atoms with Crippen LogP contribution in [0.4, 0.5) is 0 Å². The molecule has 0 saturated carbocycles. The Bertz CT molecular complexity index is 955. The van der Waals surface area contributed by atoms with Crippen molar-refractivity contribution in [3.05, 3.63) is 51.7 Å². The van der Waals surface area contributed by atoms with E-state index >= 15 is 0 Å². The summed E-state index contributed by atoms with van der Waals surface area (Å²) >= 11 is 12.2. The fourth-order valence-corrected chi connectivity index (χ4v) is 4.33. The van der Waals surface area contributed by atoms with E-state index in [9.17, 15) is 9.59 Å². The van der Waals surface area contributed by atoms with Crippen LogP contribution in [-0.2, 0) is 16.0 Å². The summed E-state index contributed by atoms with van der Waals surface area (Å²) in [6.45, 7) is 2.26. The fourth-order valence-electron chi connectivity index (χ4n) is 3.84. The highest BCUT2D eigenvalue weighted by molar-refractivity contribution is 6.36. The Morgan fingerprint density at radius 2 is 1.88 bits per heavy atom. The van der Waals surface area contributed by atoms with Crippen LogP contribution < -0.4 is 5.32 Å². The molecule has 2 saturated heterocycles. The molecular weight excluding hydrogens is 457 g/mol. The summed E-state index contributed by atoms with van der Waals surface area (Å²) in [5.41, 5.74) is 0.488. The number of oxazole rings is 1. The summed E-state index contributed by atoms with van der Waals surface area (Å²) in [7, 11) is 0. The number of aromatic nitrogens is 1. The zero-order valence-electron chi connectivity index (χ0n) is 17.5. The summed E-state index contributed by atoms with van der Waals surface area (Å²) in [4.78, 5) is 31.5. The van der Waals surface area contributed by atoms with Gasteiger partial charge in [0.05, 0.1) is 29.3 Å². The molecule has 4 rings (SSSR count). The number of hydrogen-bond donors (Lipinski definition) is 1. The van der Waals surface area contributed by atoms with Gasteiger partial charge in [-0.25, -0.2) is 4.98 Å². The zero-order valence-corrected chi connectivity index (χ0v) is 19.0. The van der Waals surface area contributed by atoms with Crippen LogP contribution in [0.5, 0.6) is 0 Å². The lowest BCUT2D eigenvalue weighted by Gasteiger charge is -2.24. The first-order chi connectivity index (χ1) is 15.5. The summed E-state index contributed by atoms with van der Waals surface area (Å²) in [5, 5.41) is 3.52. The molecule has 0 spiro atoms. The monoisotopic (exact) mass is 481 g/mol. The standard InChI is InChI=1S/C22H25Cl2N3O5/c23-14-5-6-17(18(24)9-14)22(29)27(11-16-4-2-8-31-16)12-20-26-19(13-32-20)21(28)25-10-15-3-1-7-30-15/h5-6,9,13,15-16H,1-4,7-8,10-12H2,(H,25,28). The van der Waals surface area contributed by atoms with Crippen LogP contribution >= 0.6 is 23.2 Å². The van der Waals surface area contributed by atoms with Gasteiger partial charge in [-0.15, -0.1) is 0 Å². The largest absolute Gasteiger partial charge is 0.446 e. The summed E-state index contributed by atoms with van der Waals surface area (Å²) in [6.07, 6.45) is 4.99. The van der Waals surface area contributed by atoms with Crippen molar-refractivity contribution in [3.63, 3.8) is 0 Å². The molecule has 8 nitrogen and oxygen atoms in total. The number of amides is 2. The van der Waals surface area contributed by atoms with Crippen LogP contribution in [0.3, 0.4) is 0 Å². The first kappa shape index (κ1) is 23.0. The normalized spacial score (nSPS) is 20.4. The first-order valence-electron chi connectivity index (χ1n) is 10.7. The molecule has 1 aromatic heterocycles. The molecule has 0 radical (unpaired) electrons. The Kier molecular flexibility index (Phi) is 7.67. The number of nitrogens with one attached hydrogen (secondary N) is 1. The van der Waals surface area contributed by atoms with Gasteiger partial charge in [-0.05, 0) is 43.9 Å². The van der Waals surface area contributed by atoms with Crippen molar-refractivity contribution in [1.29, 1.82) is 0 Å². The van der Waals surface area contributed by atoms with E-state index in [0.717, 1.165) is 32.3 Å². The van der Waals surface area contributed by atoms with Gasteiger partial charge < -0.3 is 24.1 Å². The molecule has 2 atom stereocenters. The predicted molar refractivity (Wildman–Crippen MR) is 118 cm³/mol. The SMILES string of the molecule is O=C(NCC1CCCO1)c1coc(CN(CC2CCCO2)C(=O)c2ccc(Cl)cc2Cl)n1. The number of hydrogen-bond acceptors (Lipinski definition) is 6. The molecule has 0 aliphatic carbocycles. The number of benzene rings is 1. The van der Waals surface area contributed by atoms with Crippen molar-refractivity contribution in [3.8, 4) is 0 Å². The Morgan fingerprint density at radius 1 is 1.12 bits per heavy atom. The van der Waals surface area contributed by atoms with Crippen LogP contribution in [-0.4, -0.2) is 60.2 Å². The van der Waals surface area contributed by atoms with Gasteiger partial charge in [-0.1, -0.05) is 23.2 Å². The molecule has 2 fully saturated rings. The number of nitrogens with zero attached hydrogens (tertiary/aromatic N) is 2. The molecule has 2 aliphatic heterocycles. The number of ether oxygens (including phenoxy) is 2. The molecule has 2 aromatic rings. The molecular formula is C22H25Cl2N3O5. The van der Waals surface area contributed by atoms with Gasteiger partial charge in [0.15, 0.2) is 5.69 Å². The smallest absolute Gasteiger partial charge is 0.273 e. The quantitative estimate of drug-likeness (QED) is 0.617. The van der Waals surface area contributed by atoms with Gasteiger partial charge in [0.2, 0.25) is 5.89 Å². The van der Waals surface area contributed by atoms with Crippen LogP contribution in [0.1, 0.15) is 52.4 Å². The highest BCUT2D eigenvalue weighted by Crippen LogP contribution is 2.24. The van der Waals surface area contributed by atoms with E-state index in [4.69, 9.17) is 37.1 Å². The average Bonchev–Trinajstić information content (AvgIpc) is 3.54. The minimum Gasteiger partial charge on any atom is -0.446 e. The van der Waals surface area contributed by atoms with Crippen LogP contribution in [0, 0.1) is 0 Å². The lowest BCUT2D eigenvalue weighted by molar-refractivity contribution is 0.0487. The van der Waals surface area contributed by atoms with Gasteiger partial charge in [-0.2, -0.15) is 0 Å². The minimum absolute atomic E-state index is 0.0361. The van der Waals surface area contributed by atoms with Crippen LogP contribution in [0.2, 0.25) is 10.0 Å². The third-order valence-corrected chi connectivity index (χ3v) is 6.07. The number of halogens is 2. The molecule has 172 valence electrons. The second kappa shape index (κ2) is 10.7. The summed E-state index contributed by atoms with van der Waals surface area (Å²) in [6, 6.07) is 4.74. The molecule has 1 N–H and O–H groups in total. The third kappa shape index (κ3) is 5.81. The average molecular weight is 482 g/mol. The highest BCUT2D eigenvalue weighted by atomic mass is 35.5. The third-order valence-electron chi connectivity index (χ3n) is 5.52. The number of rotatable bonds is 8. The van der Waals surface area contributed by atoms with E-state index in [-0.39, 0.29) is 47.2 Å². The molecule has 32 heavy (non-hydrogen) atoms. The maximum absolute atomic E-state index is 13.2. The second-order valence-corrected chi connectivity index (χ2v) is 8.76. The number of carbonyl (C=O) groups excluding carboxylic acids is 2. The Balaban J connectivity index is 1.44. The van der Waals surface area contributed by atoms with Gasteiger partial charge in [0.1, 0.15) is 6.26 Å². The van der Waals surface area contributed by atoms with E-state index in [1.165, 1.54) is 12.3 Å². The zero-order chi connectivity index (χ0) is 22.5. The van der Waals surface area contributed by atoms with Crippen molar-refractivity contribution >= 4 is 35.0 Å². The van der Waals surface area contributed by atoms with E-state index in [0.29, 0.717) is 30.3 Å². The van der Waals surface area contributed by atoms with E-state index in [1.807, 2.05) is 0 Å². The van der Waals surface area contributed by atoms with Gasteiger partial charge in [0, 0.05) is 31.3 Å². The van der Waals surface area contributed by atoms with Gasteiger partial charge >= 0.3 is 0 Å². The van der Waals surface area contributed by atoms with Crippen LogP contribution in [0.15, 0.2) is 28.9 Å². The Hall–Kier alpha value is -2.13. The van der Waals surface area contributed by atoms with Crippen LogP contribution in [0.25, 0.3) is 0 Å². The first-order valence-corrected chi connectivity index (χ1v) is 11.5. The summed E-state index contributed by atoms with van der Waals surface area (Å²) < 4.78 is 16.7. The van der Waals surface area contributed by atoms with Gasteiger partial charge in [-0.3, -0.25) is 9.59 Å². The lowest BCUT2D eigenvalue weighted by Crippen LogP contribution is -2.37. The second-order valence-electron chi connectivity index (χ2n) is 7.92. The lowest BCUT2D eigenvalue weighted by atomic mass is 10.1. The molecule has 1 aromatic carbocycles. The van der Waals surface area contributed by atoms with Gasteiger partial charge in [0.25, 0.3) is 11.8 Å². The molecule has 2 unspecified atom stereocenters. The van der Waals surface area contributed by atoms with Crippen molar-refractivity contribution in [1.82, 2.24) is 15.2 Å². The minimum atomic E-state index is -0.340. The van der Waals surface area contributed by atoms with E-state index in [1.54, 1.807) is 17.0 Å². The number of carbonyl (C=O) groups is 2. The van der Waals surface area contributed by atoms with E-state index in [2.05, 4.69) is 10.3 Å². The Labute approximate surface area is 196 Å². The molecule has 10 heteroatoms. The van der Waals surface area contributed by atoms with Crippen molar-refractivity contribution in [2.75, 3.05) is 26.3 Å². The molecule has 2 amide bonds. The van der Waals surface area contributed by atoms with Crippen molar-refractivity contribution in [2.24, 2.45) is 0 Å². The molecule has 0 bridgehead atoms. The predicted octanol–water partition coefficient (Wildman–Crippen LogP) is 3.71. The maximum Gasteiger partial charge on any atom is 0.273 e.